The summed E-state index contributed by atoms with van der Waals surface area (Å²) >= 11 is 0. The van der Waals surface area contributed by atoms with Gasteiger partial charge in [-0.05, 0) is 13.3 Å². The second-order valence-electron chi connectivity index (χ2n) is 2.94. The minimum Gasteiger partial charge on any atom is -0.499 e. The number of carbonyl (C=O) groups is 1. The monoisotopic (exact) mass is 170 g/mol. The number of unbranched alkanes of at least 4 members (excludes halogenated alkanes) is 1. The Labute approximate surface area is 74.6 Å². The SMILES string of the molecule is C=C(CCC(C)=O)OCCCC. The van der Waals surface area contributed by atoms with Gasteiger partial charge in [0.25, 0.3) is 0 Å². The van der Waals surface area contributed by atoms with Gasteiger partial charge in [-0.2, -0.15) is 0 Å². The minimum atomic E-state index is 0.190. The van der Waals surface area contributed by atoms with E-state index in [2.05, 4.69) is 13.5 Å². The fourth-order valence-corrected chi connectivity index (χ4v) is 0.748. The predicted molar refractivity (Wildman–Crippen MR) is 49.9 cm³/mol. The molecule has 0 aliphatic heterocycles. The van der Waals surface area contributed by atoms with E-state index in [4.69, 9.17) is 4.74 Å². The predicted octanol–water partition coefficient (Wildman–Crippen LogP) is 2.69. The van der Waals surface area contributed by atoms with Crippen molar-refractivity contribution < 1.29 is 9.53 Å². The van der Waals surface area contributed by atoms with E-state index in [-0.39, 0.29) is 5.78 Å². The summed E-state index contributed by atoms with van der Waals surface area (Å²) in [7, 11) is 0. The molecular weight excluding hydrogens is 152 g/mol. The van der Waals surface area contributed by atoms with Crippen LogP contribution in [0.5, 0.6) is 0 Å². The van der Waals surface area contributed by atoms with Crippen molar-refractivity contribution in [3.63, 3.8) is 0 Å². The van der Waals surface area contributed by atoms with E-state index in [9.17, 15) is 4.79 Å². The minimum absolute atomic E-state index is 0.190. The second kappa shape index (κ2) is 6.89. The molecule has 0 saturated carbocycles. The summed E-state index contributed by atoms with van der Waals surface area (Å²) in [5.74, 6) is 0.925. The molecule has 12 heavy (non-hydrogen) atoms. The summed E-state index contributed by atoms with van der Waals surface area (Å²) in [6, 6.07) is 0. The molecule has 0 aromatic rings. The number of ketones is 1. The highest BCUT2D eigenvalue weighted by Gasteiger charge is 1.97. The Bertz CT molecular complexity index is 150. The fourth-order valence-electron chi connectivity index (χ4n) is 0.748. The maximum absolute atomic E-state index is 10.6. The number of allylic oxidation sites excluding steroid dienone is 1. The zero-order valence-corrected chi connectivity index (χ0v) is 8.06. The van der Waals surface area contributed by atoms with E-state index in [1.807, 2.05) is 0 Å². The van der Waals surface area contributed by atoms with Crippen LogP contribution in [-0.4, -0.2) is 12.4 Å². The number of hydrogen-bond acceptors (Lipinski definition) is 2. The molecule has 0 aromatic heterocycles. The first-order valence-corrected chi connectivity index (χ1v) is 4.46. The lowest BCUT2D eigenvalue weighted by Crippen LogP contribution is -1.96. The molecule has 0 fully saturated rings. The molecule has 0 atom stereocenters. The summed E-state index contributed by atoms with van der Waals surface area (Å²) in [4.78, 5) is 10.6. The van der Waals surface area contributed by atoms with Crippen LogP contribution in [0.1, 0.15) is 39.5 Å². The number of Topliss-reactive ketones (excluding diaryl/α,β-unsaturated/α-hetero) is 1. The van der Waals surface area contributed by atoms with Gasteiger partial charge in [0.15, 0.2) is 0 Å². The van der Waals surface area contributed by atoms with Gasteiger partial charge in [0.05, 0.1) is 12.4 Å². The van der Waals surface area contributed by atoms with Crippen molar-refractivity contribution in [2.24, 2.45) is 0 Å². The summed E-state index contributed by atoms with van der Waals surface area (Å²) in [6.45, 7) is 8.15. The Balaban J connectivity index is 3.28. The van der Waals surface area contributed by atoms with Gasteiger partial charge in [-0.15, -0.1) is 0 Å². The smallest absolute Gasteiger partial charge is 0.130 e. The molecule has 0 heterocycles. The average molecular weight is 170 g/mol. The Morgan fingerprint density at radius 2 is 2.08 bits per heavy atom. The van der Waals surface area contributed by atoms with Crippen LogP contribution in [0.15, 0.2) is 12.3 Å². The Morgan fingerprint density at radius 3 is 2.58 bits per heavy atom. The molecule has 2 nitrogen and oxygen atoms in total. The van der Waals surface area contributed by atoms with Crippen LogP contribution in [0.3, 0.4) is 0 Å². The van der Waals surface area contributed by atoms with Gasteiger partial charge in [0, 0.05) is 12.8 Å². The standard InChI is InChI=1S/C10H18O2/c1-4-5-8-12-10(3)7-6-9(2)11/h3-8H2,1-2H3. The third kappa shape index (κ3) is 7.32. The largest absolute Gasteiger partial charge is 0.499 e. The summed E-state index contributed by atoms with van der Waals surface area (Å²) < 4.78 is 5.29. The Hall–Kier alpha value is -0.790. The highest BCUT2D eigenvalue weighted by molar-refractivity contribution is 5.75. The highest BCUT2D eigenvalue weighted by atomic mass is 16.5. The molecule has 0 unspecified atom stereocenters. The highest BCUT2D eigenvalue weighted by Crippen LogP contribution is 2.05. The molecule has 0 spiro atoms. The van der Waals surface area contributed by atoms with E-state index in [0.29, 0.717) is 12.8 Å². The molecule has 0 bridgehead atoms. The van der Waals surface area contributed by atoms with Crippen LogP contribution < -0.4 is 0 Å². The van der Waals surface area contributed by atoms with Crippen LogP contribution in [0, 0.1) is 0 Å². The average Bonchev–Trinajstić information content (AvgIpc) is 2.01. The third-order valence-corrected chi connectivity index (χ3v) is 1.56. The van der Waals surface area contributed by atoms with Crippen LogP contribution in [0.2, 0.25) is 0 Å². The van der Waals surface area contributed by atoms with E-state index < -0.39 is 0 Å². The summed E-state index contributed by atoms with van der Waals surface area (Å²) in [6.07, 6.45) is 3.39. The van der Waals surface area contributed by atoms with Gasteiger partial charge in [0.1, 0.15) is 5.78 Å². The summed E-state index contributed by atoms with van der Waals surface area (Å²) in [5.41, 5.74) is 0. The van der Waals surface area contributed by atoms with Crippen LogP contribution in [0.25, 0.3) is 0 Å². The third-order valence-electron chi connectivity index (χ3n) is 1.56. The van der Waals surface area contributed by atoms with Gasteiger partial charge in [-0.3, -0.25) is 0 Å². The molecule has 0 aliphatic carbocycles. The molecule has 0 aromatic carbocycles. The summed E-state index contributed by atoms with van der Waals surface area (Å²) in [5, 5.41) is 0. The number of ether oxygens (including phenoxy) is 1. The first kappa shape index (κ1) is 11.2. The number of carbonyl (C=O) groups excluding carboxylic acids is 1. The van der Waals surface area contributed by atoms with Crippen molar-refractivity contribution in [3.05, 3.63) is 12.3 Å². The van der Waals surface area contributed by atoms with Gasteiger partial charge < -0.3 is 9.53 Å². The molecule has 70 valence electrons. The normalized spacial score (nSPS) is 9.50. The first-order valence-electron chi connectivity index (χ1n) is 4.46. The van der Waals surface area contributed by atoms with E-state index in [1.165, 1.54) is 0 Å². The maximum Gasteiger partial charge on any atom is 0.130 e. The van der Waals surface area contributed by atoms with Crippen LogP contribution >= 0.6 is 0 Å². The van der Waals surface area contributed by atoms with E-state index >= 15 is 0 Å². The lowest BCUT2D eigenvalue weighted by Gasteiger charge is -2.06. The Kier molecular flexibility index (Phi) is 6.44. The van der Waals surface area contributed by atoms with Gasteiger partial charge in [0.2, 0.25) is 0 Å². The lowest BCUT2D eigenvalue weighted by molar-refractivity contribution is -0.117. The van der Waals surface area contributed by atoms with Crippen molar-refractivity contribution in [1.82, 2.24) is 0 Å². The molecule has 0 saturated heterocycles. The van der Waals surface area contributed by atoms with Gasteiger partial charge >= 0.3 is 0 Å². The van der Waals surface area contributed by atoms with Crippen molar-refractivity contribution in [3.8, 4) is 0 Å². The zero-order chi connectivity index (χ0) is 9.40. The molecule has 0 amide bonds. The van der Waals surface area contributed by atoms with E-state index in [0.717, 1.165) is 25.2 Å². The molecule has 0 N–H and O–H groups in total. The van der Waals surface area contributed by atoms with Crippen molar-refractivity contribution in [2.75, 3.05) is 6.61 Å². The van der Waals surface area contributed by atoms with Gasteiger partial charge in [-0.1, -0.05) is 19.9 Å². The van der Waals surface area contributed by atoms with Crippen molar-refractivity contribution >= 4 is 5.78 Å². The molecule has 0 rings (SSSR count). The molecule has 0 radical (unpaired) electrons. The van der Waals surface area contributed by atoms with E-state index in [1.54, 1.807) is 6.92 Å². The van der Waals surface area contributed by atoms with Crippen molar-refractivity contribution in [2.45, 2.75) is 39.5 Å². The first-order chi connectivity index (χ1) is 5.66. The second-order valence-corrected chi connectivity index (χ2v) is 2.94. The lowest BCUT2D eigenvalue weighted by atomic mass is 10.2. The van der Waals surface area contributed by atoms with Crippen molar-refractivity contribution in [1.29, 1.82) is 0 Å². The number of hydrogen-bond donors (Lipinski definition) is 0. The molecule has 0 aliphatic rings. The van der Waals surface area contributed by atoms with Gasteiger partial charge in [-0.25, -0.2) is 0 Å². The Morgan fingerprint density at radius 1 is 1.42 bits per heavy atom. The zero-order valence-electron chi connectivity index (χ0n) is 8.06. The number of rotatable bonds is 7. The molecular formula is C10H18O2. The van der Waals surface area contributed by atoms with Crippen LogP contribution in [-0.2, 0) is 9.53 Å². The fraction of sp³-hybridized carbons (Fsp3) is 0.700. The maximum atomic E-state index is 10.6. The van der Waals surface area contributed by atoms with Crippen LogP contribution in [0.4, 0.5) is 0 Å². The molecule has 2 heteroatoms. The quantitative estimate of drug-likeness (QED) is 0.433. The topological polar surface area (TPSA) is 26.3 Å².